The molecule has 0 atom stereocenters. The Morgan fingerprint density at radius 1 is 0.720 bits per heavy atom. The number of hydrogen-bond acceptors (Lipinski definition) is 3. The van der Waals surface area contributed by atoms with Crippen LogP contribution in [0.1, 0.15) is 22.9 Å². The lowest BCUT2D eigenvalue weighted by atomic mass is 9.90. The van der Waals surface area contributed by atoms with Gasteiger partial charge in [0.15, 0.2) is 11.5 Å². The molecule has 0 saturated carbocycles. The van der Waals surface area contributed by atoms with Crippen LogP contribution in [0.15, 0.2) is 48.8 Å². The number of hydrogen-bond donors (Lipinski definition) is 0. The van der Waals surface area contributed by atoms with Crippen molar-refractivity contribution in [2.24, 2.45) is 14.1 Å². The highest BCUT2D eigenvalue weighted by Crippen LogP contribution is 2.46. The number of nitrogens with zero attached hydrogens (tertiary/aromatic N) is 2. The molecule has 2 heterocycles. The molecule has 5 nitrogen and oxygen atoms in total. The van der Waals surface area contributed by atoms with Gasteiger partial charge in [0.05, 0.1) is 27.2 Å². The minimum atomic E-state index is 0.00903. The van der Waals surface area contributed by atoms with Gasteiger partial charge in [-0.1, -0.05) is 6.07 Å². The quantitative estimate of drug-likeness (QED) is 0.688. The van der Waals surface area contributed by atoms with E-state index in [9.17, 15) is 0 Å². The molecule has 0 bridgehead atoms. The summed E-state index contributed by atoms with van der Waals surface area (Å²) in [6.07, 6.45) is 4.11. The Labute approximate surface area is 148 Å². The maximum atomic E-state index is 5.74. The van der Waals surface area contributed by atoms with Crippen molar-refractivity contribution in [2.75, 3.05) is 21.3 Å². The van der Waals surface area contributed by atoms with Crippen molar-refractivity contribution in [2.45, 2.75) is 5.92 Å². The number of aromatic nitrogens is 2. The van der Waals surface area contributed by atoms with Gasteiger partial charge in [0, 0.05) is 43.4 Å². The molecule has 0 unspecified atom stereocenters. The van der Waals surface area contributed by atoms with Crippen molar-refractivity contribution in [3.05, 3.63) is 65.7 Å². The summed E-state index contributed by atoms with van der Waals surface area (Å²) in [6, 6.07) is 12.3. The molecule has 0 saturated heterocycles. The normalized spacial score (nSPS) is 11.0. The Balaban J connectivity index is 2.28. The highest BCUT2D eigenvalue weighted by molar-refractivity contribution is 5.59. The number of methoxy groups -OCH3 is 3. The first-order chi connectivity index (χ1) is 12.1. The summed E-state index contributed by atoms with van der Waals surface area (Å²) >= 11 is 0. The molecule has 0 spiro atoms. The minimum absolute atomic E-state index is 0.00903. The number of benzene rings is 1. The van der Waals surface area contributed by atoms with Crippen LogP contribution in [0, 0.1) is 0 Å². The molecule has 0 N–H and O–H groups in total. The largest absolute Gasteiger partial charge is 0.493 e. The predicted octanol–water partition coefficient (Wildman–Crippen LogP) is 3.57. The van der Waals surface area contributed by atoms with Crippen molar-refractivity contribution < 1.29 is 14.2 Å². The van der Waals surface area contributed by atoms with Gasteiger partial charge in [-0.25, -0.2) is 0 Å². The Bertz CT molecular complexity index is 823. The second-order valence-electron chi connectivity index (χ2n) is 5.94. The summed E-state index contributed by atoms with van der Waals surface area (Å²) in [4.78, 5) is 0. The van der Waals surface area contributed by atoms with Crippen molar-refractivity contribution in [3.63, 3.8) is 0 Å². The van der Waals surface area contributed by atoms with Crippen molar-refractivity contribution in [3.8, 4) is 17.2 Å². The first-order valence-corrected chi connectivity index (χ1v) is 8.13. The summed E-state index contributed by atoms with van der Waals surface area (Å²) in [5.41, 5.74) is 3.38. The van der Waals surface area contributed by atoms with Gasteiger partial charge in [-0.05, 0) is 30.3 Å². The van der Waals surface area contributed by atoms with Crippen LogP contribution in [0.2, 0.25) is 0 Å². The molecule has 0 fully saturated rings. The summed E-state index contributed by atoms with van der Waals surface area (Å²) < 4.78 is 21.0. The van der Waals surface area contributed by atoms with Crippen LogP contribution < -0.4 is 14.2 Å². The molecule has 0 aliphatic rings. The molecule has 0 radical (unpaired) electrons. The average Bonchev–Trinajstić information content (AvgIpc) is 3.23. The Kier molecular flexibility index (Phi) is 4.74. The summed E-state index contributed by atoms with van der Waals surface area (Å²) in [5.74, 6) is 1.96. The fourth-order valence-electron chi connectivity index (χ4n) is 3.37. The molecular formula is C20H24N2O3. The predicted molar refractivity (Wildman–Crippen MR) is 97.9 cm³/mol. The molecule has 0 amide bonds. The van der Waals surface area contributed by atoms with Crippen molar-refractivity contribution in [1.29, 1.82) is 0 Å². The average molecular weight is 340 g/mol. The monoisotopic (exact) mass is 340 g/mol. The zero-order valence-electron chi connectivity index (χ0n) is 15.3. The van der Waals surface area contributed by atoms with E-state index in [0.29, 0.717) is 17.2 Å². The highest BCUT2D eigenvalue weighted by Gasteiger charge is 2.27. The van der Waals surface area contributed by atoms with Crippen LogP contribution in [-0.2, 0) is 14.1 Å². The van der Waals surface area contributed by atoms with Gasteiger partial charge >= 0.3 is 0 Å². The SMILES string of the molecule is COc1ccc(C(c2cccn2C)c2cccn2C)c(OC)c1OC. The lowest BCUT2D eigenvalue weighted by Gasteiger charge is -2.24. The summed E-state index contributed by atoms with van der Waals surface area (Å²) in [5, 5.41) is 0. The first-order valence-electron chi connectivity index (χ1n) is 8.13. The second kappa shape index (κ2) is 6.97. The van der Waals surface area contributed by atoms with Crippen LogP contribution >= 0.6 is 0 Å². The molecule has 3 aromatic rings. The number of rotatable bonds is 6. The third kappa shape index (κ3) is 2.86. The zero-order valence-corrected chi connectivity index (χ0v) is 15.3. The van der Waals surface area contributed by atoms with Crippen LogP contribution in [0.25, 0.3) is 0 Å². The third-order valence-electron chi connectivity index (χ3n) is 4.61. The van der Waals surface area contributed by atoms with Crippen LogP contribution in [-0.4, -0.2) is 30.5 Å². The number of ether oxygens (including phenoxy) is 3. The first kappa shape index (κ1) is 17.0. The molecule has 5 heteroatoms. The summed E-state index contributed by atoms with van der Waals surface area (Å²) in [7, 11) is 9.03. The van der Waals surface area contributed by atoms with E-state index in [1.54, 1.807) is 21.3 Å². The van der Waals surface area contributed by atoms with Crippen molar-refractivity contribution in [1.82, 2.24) is 9.13 Å². The number of aryl methyl sites for hydroxylation is 2. The van der Waals surface area contributed by atoms with Crippen molar-refractivity contribution >= 4 is 0 Å². The fraction of sp³-hybridized carbons (Fsp3) is 0.300. The zero-order chi connectivity index (χ0) is 18.0. The van der Waals surface area contributed by atoms with E-state index in [0.717, 1.165) is 5.56 Å². The standard InChI is InChI=1S/C20H24N2O3/c1-21-12-6-8-15(21)18(16-9-7-13-22(16)2)14-10-11-17(23-3)20(25-5)19(14)24-4/h6-13,18H,1-5H3. The fourth-order valence-corrected chi connectivity index (χ4v) is 3.37. The van der Waals surface area contributed by atoms with E-state index >= 15 is 0 Å². The van der Waals surface area contributed by atoms with Gasteiger partial charge in [-0.2, -0.15) is 0 Å². The molecule has 2 aromatic heterocycles. The van der Waals surface area contributed by atoms with E-state index in [4.69, 9.17) is 14.2 Å². The van der Waals surface area contributed by atoms with Crippen LogP contribution in [0.3, 0.4) is 0 Å². The lowest BCUT2D eigenvalue weighted by Crippen LogP contribution is -2.13. The maximum Gasteiger partial charge on any atom is 0.203 e. The van der Waals surface area contributed by atoms with E-state index in [2.05, 4.69) is 59.9 Å². The highest BCUT2D eigenvalue weighted by atomic mass is 16.5. The maximum absolute atomic E-state index is 5.74. The molecule has 132 valence electrons. The van der Waals surface area contributed by atoms with Gasteiger partial charge in [-0.3, -0.25) is 0 Å². The van der Waals surface area contributed by atoms with E-state index in [1.807, 2.05) is 12.1 Å². The lowest BCUT2D eigenvalue weighted by molar-refractivity contribution is 0.321. The van der Waals surface area contributed by atoms with Gasteiger partial charge in [-0.15, -0.1) is 0 Å². The molecule has 3 rings (SSSR count). The summed E-state index contributed by atoms with van der Waals surface area (Å²) in [6.45, 7) is 0. The Morgan fingerprint density at radius 3 is 1.68 bits per heavy atom. The van der Waals surface area contributed by atoms with Gasteiger partial charge in [0.2, 0.25) is 5.75 Å². The van der Waals surface area contributed by atoms with Crippen LogP contribution in [0.5, 0.6) is 17.2 Å². The van der Waals surface area contributed by atoms with E-state index < -0.39 is 0 Å². The molecule has 25 heavy (non-hydrogen) atoms. The second-order valence-corrected chi connectivity index (χ2v) is 5.94. The molecule has 1 aromatic carbocycles. The smallest absolute Gasteiger partial charge is 0.203 e. The molecular weight excluding hydrogens is 316 g/mol. The van der Waals surface area contributed by atoms with E-state index in [1.165, 1.54) is 11.4 Å². The van der Waals surface area contributed by atoms with Gasteiger partial charge in [0.1, 0.15) is 0 Å². The Morgan fingerprint density at radius 2 is 1.28 bits per heavy atom. The minimum Gasteiger partial charge on any atom is -0.493 e. The van der Waals surface area contributed by atoms with Gasteiger partial charge < -0.3 is 23.3 Å². The van der Waals surface area contributed by atoms with E-state index in [-0.39, 0.29) is 5.92 Å². The topological polar surface area (TPSA) is 37.5 Å². The molecule has 0 aliphatic heterocycles. The third-order valence-corrected chi connectivity index (χ3v) is 4.61. The van der Waals surface area contributed by atoms with Crippen LogP contribution in [0.4, 0.5) is 0 Å². The molecule has 0 aliphatic carbocycles. The van der Waals surface area contributed by atoms with Gasteiger partial charge in [0.25, 0.3) is 0 Å². The Hall–Kier alpha value is -2.82.